The van der Waals surface area contributed by atoms with Gasteiger partial charge in [0.15, 0.2) is 0 Å². The quantitative estimate of drug-likeness (QED) is 0.620. The van der Waals surface area contributed by atoms with Crippen LogP contribution in [0.2, 0.25) is 10.0 Å². The van der Waals surface area contributed by atoms with Crippen molar-refractivity contribution in [3.63, 3.8) is 0 Å². The molecule has 1 aliphatic rings. The Morgan fingerprint density at radius 2 is 1.73 bits per heavy atom. The third-order valence-corrected chi connectivity index (χ3v) is 5.32. The first kappa shape index (κ1) is 18.8. The summed E-state index contributed by atoms with van der Waals surface area (Å²) in [5.41, 5.74) is 1.66. The summed E-state index contributed by atoms with van der Waals surface area (Å²) in [6.45, 7) is 2.38. The van der Waals surface area contributed by atoms with Crippen molar-refractivity contribution in [2.75, 3.05) is 13.2 Å². The molecule has 1 fully saturated rings. The van der Waals surface area contributed by atoms with Crippen molar-refractivity contribution in [2.45, 2.75) is 6.92 Å². The summed E-state index contributed by atoms with van der Waals surface area (Å²) in [4.78, 5) is 26.1. The van der Waals surface area contributed by atoms with Gasteiger partial charge in [0.1, 0.15) is 12.4 Å². The van der Waals surface area contributed by atoms with E-state index < -0.39 is 0 Å². The number of hydrogen-bond donors (Lipinski definition) is 0. The van der Waals surface area contributed by atoms with E-state index in [4.69, 9.17) is 27.9 Å². The molecule has 3 rings (SSSR count). The number of halogens is 2. The van der Waals surface area contributed by atoms with Gasteiger partial charge in [-0.25, -0.2) is 0 Å². The molecule has 0 atom stereocenters. The molecule has 0 aliphatic carbocycles. The summed E-state index contributed by atoms with van der Waals surface area (Å²) in [6, 6.07) is 12.6. The van der Waals surface area contributed by atoms with Crippen LogP contribution >= 0.6 is 35.0 Å². The topological polar surface area (TPSA) is 46.6 Å². The molecule has 7 heteroatoms. The summed E-state index contributed by atoms with van der Waals surface area (Å²) < 4.78 is 5.59. The molecule has 0 unspecified atom stereocenters. The lowest BCUT2D eigenvalue weighted by atomic mass is 10.2. The van der Waals surface area contributed by atoms with E-state index in [1.165, 1.54) is 0 Å². The van der Waals surface area contributed by atoms with Crippen molar-refractivity contribution < 1.29 is 14.3 Å². The smallest absolute Gasteiger partial charge is 0.293 e. The molecule has 2 amide bonds. The van der Waals surface area contributed by atoms with Gasteiger partial charge in [-0.1, -0.05) is 47.0 Å². The van der Waals surface area contributed by atoms with E-state index in [9.17, 15) is 9.59 Å². The van der Waals surface area contributed by atoms with Gasteiger partial charge < -0.3 is 4.74 Å². The Kier molecular flexibility index (Phi) is 5.91. The molecule has 0 aromatic heterocycles. The normalized spacial score (nSPS) is 15.8. The Hall–Kier alpha value is -1.95. The van der Waals surface area contributed by atoms with Crippen molar-refractivity contribution in [2.24, 2.45) is 0 Å². The zero-order valence-corrected chi connectivity index (χ0v) is 16.2. The van der Waals surface area contributed by atoms with Crippen LogP contribution < -0.4 is 4.74 Å². The second kappa shape index (κ2) is 8.16. The lowest BCUT2D eigenvalue weighted by molar-refractivity contribution is -0.123. The predicted molar refractivity (Wildman–Crippen MR) is 106 cm³/mol. The van der Waals surface area contributed by atoms with Crippen LogP contribution in [-0.4, -0.2) is 29.2 Å². The molecule has 134 valence electrons. The molecule has 0 N–H and O–H groups in total. The summed E-state index contributed by atoms with van der Waals surface area (Å²) in [5, 5.41) is 0.510. The molecular weight excluding hydrogens is 393 g/mol. The van der Waals surface area contributed by atoms with Crippen LogP contribution in [0.25, 0.3) is 6.08 Å². The van der Waals surface area contributed by atoms with Crippen molar-refractivity contribution in [3.05, 3.63) is 68.5 Å². The highest BCUT2D eigenvalue weighted by molar-refractivity contribution is 8.18. The molecule has 2 aromatic rings. The zero-order valence-electron chi connectivity index (χ0n) is 13.9. The Morgan fingerprint density at radius 3 is 2.38 bits per heavy atom. The van der Waals surface area contributed by atoms with Gasteiger partial charge in [-0.2, -0.15) is 0 Å². The maximum Gasteiger partial charge on any atom is 0.293 e. The minimum atomic E-state index is -0.372. The number of imide groups is 1. The van der Waals surface area contributed by atoms with E-state index in [2.05, 4.69) is 0 Å². The molecular formula is C19H15Cl2NO3S. The van der Waals surface area contributed by atoms with E-state index in [-0.39, 0.29) is 24.3 Å². The maximum absolute atomic E-state index is 12.5. The molecule has 0 saturated carbocycles. The monoisotopic (exact) mass is 407 g/mol. The first-order valence-electron chi connectivity index (χ1n) is 7.84. The third kappa shape index (κ3) is 4.23. The van der Waals surface area contributed by atoms with Crippen LogP contribution in [0.4, 0.5) is 4.79 Å². The minimum absolute atomic E-state index is 0.173. The van der Waals surface area contributed by atoms with Crippen LogP contribution in [-0.2, 0) is 4.79 Å². The molecule has 1 aliphatic heterocycles. The second-order valence-corrected chi connectivity index (χ2v) is 7.44. The molecule has 2 aromatic carbocycles. The molecule has 1 heterocycles. The SMILES string of the molecule is Cc1ccc(OCCN2C(=O)S/C(=C\c3c(Cl)cccc3Cl)C2=O)cc1. The maximum atomic E-state index is 12.5. The highest BCUT2D eigenvalue weighted by atomic mass is 35.5. The summed E-state index contributed by atoms with van der Waals surface area (Å²) in [7, 11) is 0. The van der Waals surface area contributed by atoms with E-state index in [0.717, 1.165) is 22.2 Å². The van der Waals surface area contributed by atoms with Crippen molar-refractivity contribution in [1.82, 2.24) is 4.90 Å². The lowest BCUT2D eigenvalue weighted by Crippen LogP contribution is -2.32. The number of hydrogen-bond acceptors (Lipinski definition) is 4. The number of carbonyl (C=O) groups is 2. The van der Waals surface area contributed by atoms with Gasteiger partial charge in [0.05, 0.1) is 11.4 Å². The fourth-order valence-corrected chi connectivity index (χ4v) is 3.72. The molecule has 4 nitrogen and oxygen atoms in total. The number of carbonyl (C=O) groups excluding carboxylic acids is 2. The minimum Gasteiger partial charge on any atom is -0.492 e. The number of amides is 2. The highest BCUT2D eigenvalue weighted by Gasteiger charge is 2.35. The predicted octanol–water partition coefficient (Wildman–Crippen LogP) is 5.42. The van der Waals surface area contributed by atoms with E-state index in [1.807, 2.05) is 31.2 Å². The number of benzene rings is 2. The van der Waals surface area contributed by atoms with Crippen LogP contribution in [0, 0.1) is 6.92 Å². The van der Waals surface area contributed by atoms with Crippen LogP contribution in [0.15, 0.2) is 47.4 Å². The standard InChI is InChI=1S/C19H15Cl2NO3S/c1-12-5-7-13(8-6-12)25-10-9-22-18(23)17(26-19(22)24)11-14-15(20)3-2-4-16(14)21/h2-8,11H,9-10H2,1H3/b17-11-. The largest absolute Gasteiger partial charge is 0.492 e. The lowest BCUT2D eigenvalue weighted by Gasteiger charge is -2.13. The van der Waals surface area contributed by atoms with Gasteiger partial charge in [0, 0.05) is 15.6 Å². The average Bonchev–Trinajstić information content (AvgIpc) is 2.87. The van der Waals surface area contributed by atoms with Gasteiger partial charge in [0.2, 0.25) is 0 Å². The van der Waals surface area contributed by atoms with Crippen LogP contribution in [0.5, 0.6) is 5.75 Å². The van der Waals surface area contributed by atoms with Crippen molar-refractivity contribution in [3.8, 4) is 5.75 Å². The number of ether oxygens (including phenoxy) is 1. The van der Waals surface area contributed by atoms with Crippen LogP contribution in [0.3, 0.4) is 0 Å². The average molecular weight is 408 g/mol. The fourth-order valence-electron chi connectivity index (χ4n) is 2.36. The third-order valence-electron chi connectivity index (χ3n) is 3.75. The van der Waals surface area contributed by atoms with Gasteiger partial charge in [-0.15, -0.1) is 0 Å². The van der Waals surface area contributed by atoms with Crippen molar-refractivity contribution in [1.29, 1.82) is 0 Å². The highest BCUT2D eigenvalue weighted by Crippen LogP contribution is 2.35. The Morgan fingerprint density at radius 1 is 1.08 bits per heavy atom. The number of nitrogens with zero attached hydrogens (tertiary/aromatic N) is 1. The summed E-state index contributed by atoms with van der Waals surface area (Å²) in [6.07, 6.45) is 1.55. The van der Waals surface area contributed by atoms with E-state index in [1.54, 1.807) is 24.3 Å². The molecule has 0 spiro atoms. The Bertz CT molecular complexity index is 861. The van der Waals surface area contributed by atoms with Crippen molar-refractivity contribution >= 4 is 52.2 Å². The zero-order chi connectivity index (χ0) is 18.7. The molecule has 1 saturated heterocycles. The summed E-state index contributed by atoms with van der Waals surface area (Å²) in [5.74, 6) is 0.324. The fraction of sp³-hybridized carbons (Fsp3) is 0.158. The first-order chi connectivity index (χ1) is 12.5. The van der Waals surface area contributed by atoms with E-state index >= 15 is 0 Å². The Balaban J connectivity index is 1.67. The number of rotatable bonds is 5. The second-order valence-electron chi connectivity index (χ2n) is 5.63. The molecule has 0 bridgehead atoms. The first-order valence-corrected chi connectivity index (χ1v) is 9.42. The van der Waals surface area contributed by atoms with E-state index in [0.29, 0.717) is 26.3 Å². The molecule has 26 heavy (non-hydrogen) atoms. The number of thioether (sulfide) groups is 1. The van der Waals surface area contributed by atoms with Gasteiger partial charge in [-0.05, 0) is 49.0 Å². The van der Waals surface area contributed by atoms with Gasteiger partial charge in [-0.3, -0.25) is 14.5 Å². The summed E-state index contributed by atoms with van der Waals surface area (Å²) >= 11 is 13.1. The Labute approximate surface area is 165 Å². The number of aryl methyl sites for hydroxylation is 1. The molecule has 0 radical (unpaired) electrons. The van der Waals surface area contributed by atoms with Gasteiger partial charge in [0.25, 0.3) is 11.1 Å². The van der Waals surface area contributed by atoms with Crippen LogP contribution in [0.1, 0.15) is 11.1 Å². The van der Waals surface area contributed by atoms with Gasteiger partial charge >= 0.3 is 0 Å².